The topological polar surface area (TPSA) is 72.7 Å². The molecule has 5 rings (SSSR count). The van der Waals surface area contributed by atoms with Gasteiger partial charge in [-0.1, -0.05) is 47.2 Å². The molecule has 0 spiro atoms. The number of carbonyl (C=O) groups is 1. The van der Waals surface area contributed by atoms with Crippen LogP contribution in [-0.2, 0) is 4.79 Å². The van der Waals surface area contributed by atoms with Crippen molar-refractivity contribution in [3.05, 3.63) is 113 Å². The predicted octanol–water partition coefficient (Wildman–Crippen LogP) is 4.56. The number of fused-ring (bicyclic) bond motifs is 1. The van der Waals surface area contributed by atoms with E-state index in [9.17, 15) is 9.59 Å². The van der Waals surface area contributed by atoms with Crippen LogP contribution >= 0.6 is 22.7 Å². The Labute approximate surface area is 216 Å². The molecule has 8 heteroatoms. The molecule has 0 saturated heterocycles. The summed E-state index contributed by atoms with van der Waals surface area (Å²) in [5.41, 5.74) is 4.48. The number of methoxy groups -OCH3 is 1. The third-order valence-electron chi connectivity index (χ3n) is 6.14. The van der Waals surface area contributed by atoms with Crippen LogP contribution in [0, 0.1) is 13.8 Å². The normalized spacial score (nSPS) is 15.4. The maximum Gasteiger partial charge on any atom is 0.271 e. The zero-order valence-electron chi connectivity index (χ0n) is 20.4. The van der Waals surface area contributed by atoms with Gasteiger partial charge in [0.2, 0.25) is 0 Å². The van der Waals surface area contributed by atoms with E-state index in [1.165, 1.54) is 11.3 Å². The van der Waals surface area contributed by atoms with Gasteiger partial charge in [0, 0.05) is 10.6 Å². The van der Waals surface area contributed by atoms with E-state index in [4.69, 9.17) is 9.73 Å². The van der Waals surface area contributed by atoms with Crippen molar-refractivity contribution >= 4 is 40.3 Å². The SMILES string of the molecule is COc1ccc([C@@H]2C(C(=O)Nc3ccc(C)cc3C)=C(C)N=c3s/c(=C/c4cccs4)c(=O)n32)cc1. The number of hydrogen-bond acceptors (Lipinski definition) is 6. The fourth-order valence-electron chi connectivity index (χ4n) is 4.36. The van der Waals surface area contributed by atoms with Crippen molar-refractivity contribution in [3.63, 3.8) is 0 Å². The van der Waals surface area contributed by atoms with Crippen LogP contribution in [0.3, 0.4) is 0 Å². The summed E-state index contributed by atoms with van der Waals surface area (Å²) in [6.07, 6.45) is 1.88. The van der Waals surface area contributed by atoms with Crippen LogP contribution in [0.25, 0.3) is 6.08 Å². The van der Waals surface area contributed by atoms with Gasteiger partial charge in [0.15, 0.2) is 4.80 Å². The quantitative estimate of drug-likeness (QED) is 0.424. The van der Waals surface area contributed by atoms with Gasteiger partial charge in [0.25, 0.3) is 11.5 Å². The molecule has 1 aliphatic heterocycles. The summed E-state index contributed by atoms with van der Waals surface area (Å²) in [6, 6.07) is 16.6. The van der Waals surface area contributed by atoms with Crippen molar-refractivity contribution in [2.24, 2.45) is 4.99 Å². The largest absolute Gasteiger partial charge is 0.497 e. The number of allylic oxidation sites excluding steroid dienone is 1. The fraction of sp³-hybridized carbons (Fsp3) is 0.179. The first-order valence-corrected chi connectivity index (χ1v) is 13.1. The Bertz CT molecular complexity index is 1660. The number of nitrogens with zero attached hydrogens (tertiary/aromatic N) is 2. The lowest BCUT2D eigenvalue weighted by Crippen LogP contribution is -2.40. The Balaban J connectivity index is 1.66. The molecule has 2 aromatic heterocycles. The molecule has 0 bridgehead atoms. The van der Waals surface area contributed by atoms with E-state index >= 15 is 0 Å². The van der Waals surface area contributed by atoms with Crippen LogP contribution in [0.5, 0.6) is 5.75 Å². The highest BCUT2D eigenvalue weighted by molar-refractivity contribution is 7.11. The molecule has 1 amide bonds. The average molecular weight is 516 g/mol. The summed E-state index contributed by atoms with van der Waals surface area (Å²) in [4.78, 5) is 33.7. The fourth-order valence-corrected chi connectivity index (χ4v) is 6.13. The summed E-state index contributed by atoms with van der Waals surface area (Å²) in [7, 11) is 1.61. The summed E-state index contributed by atoms with van der Waals surface area (Å²) < 4.78 is 7.55. The molecule has 1 N–H and O–H groups in total. The van der Waals surface area contributed by atoms with Crippen LogP contribution in [0.15, 0.2) is 81.0 Å². The number of amides is 1. The number of carbonyl (C=O) groups excluding carboxylic acids is 1. The summed E-state index contributed by atoms with van der Waals surface area (Å²) in [5, 5.41) is 5.03. The van der Waals surface area contributed by atoms with Gasteiger partial charge in [-0.2, -0.15) is 0 Å². The lowest BCUT2D eigenvalue weighted by atomic mass is 9.95. The number of benzene rings is 2. The van der Waals surface area contributed by atoms with Gasteiger partial charge in [-0.05, 0) is 67.6 Å². The molecule has 0 aliphatic carbocycles. The minimum atomic E-state index is -0.622. The molecular weight excluding hydrogens is 490 g/mol. The van der Waals surface area contributed by atoms with E-state index in [0.717, 1.165) is 27.3 Å². The zero-order chi connectivity index (χ0) is 25.4. The van der Waals surface area contributed by atoms with Gasteiger partial charge in [0.1, 0.15) is 5.75 Å². The summed E-state index contributed by atoms with van der Waals surface area (Å²) in [6.45, 7) is 5.80. The molecular formula is C28H25N3O3S2. The van der Waals surface area contributed by atoms with E-state index in [1.54, 1.807) is 23.0 Å². The number of thiazole rings is 1. The third-order valence-corrected chi connectivity index (χ3v) is 7.95. The van der Waals surface area contributed by atoms with Gasteiger partial charge >= 0.3 is 0 Å². The maximum atomic E-state index is 13.7. The number of thiophene rings is 1. The first kappa shape index (κ1) is 24.0. The number of ether oxygens (including phenoxy) is 1. The van der Waals surface area contributed by atoms with Crippen molar-refractivity contribution in [1.29, 1.82) is 0 Å². The zero-order valence-corrected chi connectivity index (χ0v) is 22.0. The van der Waals surface area contributed by atoms with E-state index < -0.39 is 6.04 Å². The van der Waals surface area contributed by atoms with Gasteiger partial charge in [-0.15, -0.1) is 11.3 Å². The van der Waals surface area contributed by atoms with E-state index in [0.29, 0.717) is 26.4 Å². The third kappa shape index (κ3) is 4.45. The second-order valence-corrected chi connectivity index (χ2v) is 10.6. The van der Waals surface area contributed by atoms with Gasteiger partial charge in [0.05, 0.1) is 29.0 Å². The highest BCUT2D eigenvalue weighted by Crippen LogP contribution is 2.32. The van der Waals surface area contributed by atoms with E-state index in [1.807, 2.05) is 86.8 Å². The smallest absolute Gasteiger partial charge is 0.271 e. The molecule has 2 aromatic carbocycles. The molecule has 6 nitrogen and oxygen atoms in total. The lowest BCUT2D eigenvalue weighted by Gasteiger charge is -2.25. The van der Waals surface area contributed by atoms with Crippen molar-refractivity contribution in [3.8, 4) is 5.75 Å². The highest BCUT2D eigenvalue weighted by atomic mass is 32.1. The molecule has 4 aromatic rings. The Morgan fingerprint density at radius 3 is 2.56 bits per heavy atom. The number of nitrogens with one attached hydrogen (secondary N) is 1. The number of aryl methyl sites for hydroxylation is 2. The minimum Gasteiger partial charge on any atom is -0.497 e. The molecule has 182 valence electrons. The molecule has 0 radical (unpaired) electrons. The Hall–Kier alpha value is -3.75. The Kier molecular flexibility index (Phi) is 6.47. The molecule has 1 atom stereocenters. The molecule has 36 heavy (non-hydrogen) atoms. The molecule has 0 fully saturated rings. The van der Waals surface area contributed by atoms with E-state index in [-0.39, 0.29) is 11.5 Å². The molecule has 0 saturated carbocycles. The van der Waals surface area contributed by atoms with E-state index in [2.05, 4.69) is 5.32 Å². The number of hydrogen-bond donors (Lipinski definition) is 1. The van der Waals surface area contributed by atoms with Gasteiger partial charge in [-0.25, -0.2) is 4.99 Å². The second kappa shape index (κ2) is 9.72. The summed E-state index contributed by atoms with van der Waals surface area (Å²) in [5.74, 6) is 0.419. The molecule has 0 unspecified atom stereocenters. The minimum absolute atomic E-state index is 0.169. The highest BCUT2D eigenvalue weighted by Gasteiger charge is 2.32. The number of aromatic nitrogens is 1. The first-order chi connectivity index (χ1) is 17.4. The van der Waals surface area contributed by atoms with Crippen LogP contribution in [0.1, 0.15) is 34.5 Å². The number of anilines is 1. The van der Waals surface area contributed by atoms with Crippen LogP contribution in [0.2, 0.25) is 0 Å². The standard InChI is InChI=1S/C28H25N3O3S2/c1-16-7-12-22(17(2)14-16)30-26(32)24-18(3)29-28-31(25(24)19-8-10-20(34-4)11-9-19)27(33)23(36-28)15-21-6-5-13-35-21/h5-15,25H,1-4H3,(H,30,32)/b23-15+/t25-/m1/s1. The Morgan fingerprint density at radius 1 is 1.11 bits per heavy atom. The monoisotopic (exact) mass is 515 g/mol. The second-order valence-electron chi connectivity index (χ2n) is 8.64. The molecule has 1 aliphatic rings. The average Bonchev–Trinajstić information content (AvgIpc) is 3.48. The van der Waals surface area contributed by atoms with Crippen molar-refractivity contribution in [1.82, 2.24) is 4.57 Å². The van der Waals surface area contributed by atoms with Crippen LogP contribution in [-0.4, -0.2) is 17.6 Å². The molecule has 3 heterocycles. The predicted molar refractivity (Wildman–Crippen MR) is 146 cm³/mol. The lowest BCUT2D eigenvalue weighted by molar-refractivity contribution is -0.113. The van der Waals surface area contributed by atoms with Crippen molar-refractivity contribution < 1.29 is 9.53 Å². The van der Waals surface area contributed by atoms with Gasteiger partial charge < -0.3 is 10.1 Å². The van der Waals surface area contributed by atoms with Gasteiger partial charge in [-0.3, -0.25) is 14.2 Å². The van der Waals surface area contributed by atoms with Crippen molar-refractivity contribution in [2.75, 3.05) is 12.4 Å². The summed E-state index contributed by atoms with van der Waals surface area (Å²) >= 11 is 2.90. The van der Waals surface area contributed by atoms with Crippen LogP contribution < -0.4 is 24.9 Å². The van der Waals surface area contributed by atoms with Crippen molar-refractivity contribution in [2.45, 2.75) is 26.8 Å². The first-order valence-electron chi connectivity index (χ1n) is 11.4. The van der Waals surface area contributed by atoms with Crippen LogP contribution in [0.4, 0.5) is 5.69 Å². The Morgan fingerprint density at radius 2 is 1.89 bits per heavy atom. The maximum absolute atomic E-state index is 13.7. The number of rotatable bonds is 5.